The molecule has 0 saturated carbocycles. The van der Waals surface area contributed by atoms with Crippen molar-refractivity contribution in [2.45, 2.75) is 6.42 Å². The Bertz CT molecular complexity index is 943. The first kappa shape index (κ1) is 13.6. The van der Waals surface area contributed by atoms with Crippen molar-refractivity contribution in [2.75, 3.05) is 18.6 Å². The predicted molar refractivity (Wildman–Crippen MR) is 90.2 cm³/mol. The van der Waals surface area contributed by atoms with Crippen LogP contribution in [0.15, 0.2) is 48.7 Å². The number of para-hydroxylation sites is 2. The number of methoxy groups -OCH3 is 1. The highest BCUT2D eigenvalue weighted by Crippen LogP contribution is 2.41. The summed E-state index contributed by atoms with van der Waals surface area (Å²) in [7, 11) is 1.64. The minimum Gasteiger partial charge on any atom is -0.494 e. The molecule has 0 aliphatic carbocycles. The highest BCUT2D eigenvalue weighted by atomic mass is 16.5. The van der Waals surface area contributed by atoms with Gasteiger partial charge < -0.3 is 9.64 Å². The van der Waals surface area contributed by atoms with Gasteiger partial charge >= 0.3 is 0 Å². The topological polar surface area (TPSA) is 49.1 Å². The fourth-order valence-corrected chi connectivity index (χ4v) is 3.29. The molecular formula is C19H15N3O. The van der Waals surface area contributed by atoms with Crippen molar-refractivity contribution in [3.05, 3.63) is 59.8 Å². The van der Waals surface area contributed by atoms with E-state index in [9.17, 15) is 5.26 Å². The number of benzene rings is 2. The van der Waals surface area contributed by atoms with Crippen LogP contribution in [0.4, 0.5) is 11.4 Å². The summed E-state index contributed by atoms with van der Waals surface area (Å²) >= 11 is 0. The van der Waals surface area contributed by atoms with Gasteiger partial charge in [-0.2, -0.15) is 5.26 Å². The molecule has 1 aliphatic heterocycles. The first-order valence-corrected chi connectivity index (χ1v) is 7.54. The Hall–Kier alpha value is -3.06. The third-order valence-electron chi connectivity index (χ3n) is 4.33. The first-order valence-electron chi connectivity index (χ1n) is 7.54. The lowest BCUT2D eigenvalue weighted by Gasteiger charge is -2.23. The molecule has 4 rings (SSSR count). The average Bonchev–Trinajstić information content (AvgIpc) is 3.03. The summed E-state index contributed by atoms with van der Waals surface area (Å²) in [6, 6.07) is 16.5. The summed E-state index contributed by atoms with van der Waals surface area (Å²) in [5.41, 5.74) is 4.76. The molecule has 4 heteroatoms. The van der Waals surface area contributed by atoms with Crippen LogP contribution in [-0.4, -0.2) is 18.6 Å². The van der Waals surface area contributed by atoms with E-state index in [1.165, 1.54) is 11.3 Å². The molecule has 1 aromatic heterocycles. The second kappa shape index (κ2) is 5.29. The van der Waals surface area contributed by atoms with Gasteiger partial charge in [0.25, 0.3) is 0 Å². The molecule has 0 unspecified atom stereocenters. The first-order chi connectivity index (χ1) is 11.3. The summed E-state index contributed by atoms with van der Waals surface area (Å²) in [5.74, 6) is 0.723. The molecule has 0 spiro atoms. The van der Waals surface area contributed by atoms with Crippen LogP contribution >= 0.6 is 0 Å². The molecule has 2 aromatic carbocycles. The van der Waals surface area contributed by atoms with E-state index in [0.29, 0.717) is 5.56 Å². The van der Waals surface area contributed by atoms with Crippen molar-refractivity contribution in [2.24, 2.45) is 0 Å². The summed E-state index contributed by atoms with van der Waals surface area (Å²) in [6.45, 7) is 0.865. The minimum absolute atomic E-state index is 0.586. The second-order valence-electron chi connectivity index (χ2n) is 5.52. The van der Waals surface area contributed by atoms with Gasteiger partial charge in [0.05, 0.1) is 18.4 Å². The zero-order valence-electron chi connectivity index (χ0n) is 12.8. The lowest BCUT2D eigenvalue weighted by molar-refractivity contribution is 0.419. The predicted octanol–water partition coefficient (Wildman–Crippen LogP) is 3.81. The van der Waals surface area contributed by atoms with Crippen molar-refractivity contribution in [3.63, 3.8) is 0 Å². The van der Waals surface area contributed by atoms with Gasteiger partial charge in [-0.15, -0.1) is 0 Å². The van der Waals surface area contributed by atoms with E-state index in [-0.39, 0.29) is 0 Å². The van der Waals surface area contributed by atoms with Crippen LogP contribution in [-0.2, 0) is 6.42 Å². The maximum absolute atomic E-state index is 9.56. The van der Waals surface area contributed by atoms with Gasteiger partial charge in [-0.3, -0.25) is 4.98 Å². The Morgan fingerprint density at radius 2 is 2.04 bits per heavy atom. The molecule has 112 valence electrons. The number of hydrogen-bond donors (Lipinski definition) is 0. The largest absolute Gasteiger partial charge is 0.494 e. The Morgan fingerprint density at radius 1 is 1.17 bits per heavy atom. The number of rotatable bonds is 2. The number of nitrogens with zero attached hydrogens (tertiary/aromatic N) is 3. The van der Waals surface area contributed by atoms with E-state index in [0.717, 1.165) is 35.3 Å². The number of ether oxygens (including phenoxy) is 1. The van der Waals surface area contributed by atoms with Gasteiger partial charge in [0, 0.05) is 23.8 Å². The number of aromatic nitrogens is 1. The van der Waals surface area contributed by atoms with Crippen LogP contribution in [0.2, 0.25) is 0 Å². The van der Waals surface area contributed by atoms with Gasteiger partial charge in [-0.25, -0.2) is 0 Å². The monoisotopic (exact) mass is 301 g/mol. The molecule has 0 radical (unpaired) electrons. The van der Waals surface area contributed by atoms with Gasteiger partial charge in [0.2, 0.25) is 0 Å². The van der Waals surface area contributed by atoms with E-state index in [1.54, 1.807) is 13.3 Å². The lowest BCUT2D eigenvalue weighted by atomic mass is 10.1. The van der Waals surface area contributed by atoms with E-state index < -0.39 is 0 Å². The summed E-state index contributed by atoms with van der Waals surface area (Å²) in [4.78, 5) is 6.66. The van der Waals surface area contributed by atoms with Crippen molar-refractivity contribution < 1.29 is 4.74 Å². The maximum atomic E-state index is 9.56. The number of pyridine rings is 1. The molecule has 3 aromatic rings. The third kappa shape index (κ3) is 2.01. The molecular weight excluding hydrogens is 286 g/mol. The Labute approximate surface area is 134 Å². The summed E-state index contributed by atoms with van der Waals surface area (Å²) < 4.78 is 5.42. The van der Waals surface area contributed by atoms with Gasteiger partial charge in [0.15, 0.2) is 0 Å². The molecule has 0 atom stereocenters. The Balaban J connectivity index is 2.02. The van der Waals surface area contributed by atoms with Crippen LogP contribution in [0, 0.1) is 11.3 Å². The van der Waals surface area contributed by atoms with E-state index >= 15 is 0 Å². The van der Waals surface area contributed by atoms with Crippen molar-refractivity contribution in [1.29, 1.82) is 5.26 Å². The van der Waals surface area contributed by atoms with Gasteiger partial charge in [0.1, 0.15) is 17.3 Å². The smallest absolute Gasteiger partial charge is 0.145 e. The number of fused-ring (bicyclic) bond motifs is 2. The molecule has 0 saturated heterocycles. The van der Waals surface area contributed by atoms with Gasteiger partial charge in [-0.05, 0) is 24.1 Å². The highest BCUT2D eigenvalue weighted by molar-refractivity contribution is 5.99. The maximum Gasteiger partial charge on any atom is 0.145 e. The minimum atomic E-state index is 0.586. The normalized spacial score (nSPS) is 13.0. The molecule has 23 heavy (non-hydrogen) atoms. The third-order valence-corrected chi connectivity index (χ3v) is 4.33. The Kier molecular flexibility index (Phi) is 3.13. The van der Waals surface area contributed by atoms with Crippen molar-refractivity contribution in [3.8, 4) is 11.8 Å². The van der Waals surface area contributed by atoms with Crippen molar-refractivity contribution in [1.82, 2.24) is 4.98 Å². The molecule has 1 aliphatic rings. The van der Waals surface area contributed by atoms with Gasteiger partial charge in [-0.1, -0.05) is 30.3 Å². The second-order valence-corrected chi connectivity index (χ2v) is 5.52. The molecule has 0 bridgehead atoms. The number of anilines is 2. The highest BCUT2D eigenvalue weighted by Gasteiger charge is 2.24. The zero-order chi connectivity index (χ0) is 15.8. The summed E-state index contributed by atoms with van der Waals surface area (Å²) in [6.07, 6.45) is 2.62. The van der Waals surface area contributed by atoms with Crippen LogP contribution < -0.4 is 9.64 Å². The fraction of sp³-hybridized carbons (Fsp3) is 0.158. The fourth-order valence-electron chi connectivity index (χ4n) is 3.29. The number of hydrogen-bond acceptors (Lipinski definition) is 4. The Morgan fingerprint density at radius 3 is 2.87 bits per heavy atom. The zero-order valence-corrected chi connectivity index (χ0v) is 12.8. The van der Waals surface area contributed by atoms with Crippen LogP contribution in [0.1, 0.15) is 11.1 Å². The number of nitriles is 1. The molecule has 4 nitrogen and oxygen atoms in total. The summed E-state index contributed by atoms with van der Waals surface area (Å²) in [5, 5.41) is 10.5. The molecule has 0 fully saturated rings. The SMILES string of the molecule is COc1cccc2c(N3CCc4ccccc43)c(C#N)cnc12. The molecule has 2 heterocycles. The van der Waals surface area contributed by atoms with Crippen LogP contribution in [0.25, 0.3) is 10.9 Å². The standard InChI is InChI=1S/C19H15N3O/c1-23-17-8-4-6-15-18(17)21-12-14(11-20)19(15)22-10-9-13-5-2-3-7-16(13)22/h2-8,12H,9-10H2,1H3. The van der Waals surface area contributed by atoms with Crippen LogP contribution in [0.3, 0.4) is 0 Å². The quantitative estimate of drug-likeness (QED) is 0.722. The van der Waals surface area contributed by atoms with E-state index in [2.05, 4.69) is 34.2 Å². The van der Waals surface area contributed by atoms with E-state index in [1.807, 2.05) is 24.3 Å². The van der Waals surface area contributed by atoms with Crippen LogP contribution in [0.5, 0.6) is 5.75 Å². The lowest BCUT2D eigenvalue weighted by Crippen LogP contribution is -2.15. The van der Waals surface area contributed by atoms with Crippen molar-refractivity contribution >= 4 is 22.3 Å². The molecule has 0 amide bonds. The molecule has 0 N–H and O–H groups in total. The van der Waals surface area contributed by atoms with E-state index in [4.69, 9.17) is 4.74 Å². The average molecular weight is 301 g/mol.